The molecule has 0 N–H and O–H groups in total. The normalized spacial score (nSPS) is 10.2. The van der Waals surface area contributed by atoms with E-state index < -0.39 is 0 Å². The van der Waals surface area contributed by atoms with Crippen molar-refractivity contribution in [1.82, 2.24) is 9.47 Å². The van der Waals surface area contributed by atoms with E-state index >= 15 is 0 Å². The van der Waals surface area contributed by atoms with Gasteiger partial charge in [-0.05, 0) is 19.9 Å². The van der Waals surface area contributed by atoms with E-state index in [1.165, 1.54) is 4.90 Å². The minimum absolute atomic E-state index is 0.112. The third-order valence-corrected chi connectivity index (χ3v) is 2.47. The highest BCUT2D eigenvalue weighted by atomic mass is 35.5. The van der Waals surface area contributed by atoms with Gasteiger partial charge in [0, 0.05) is 19.3 Å². The Morgan fingerprint density at radius 2 is 2.31 bits per heavy atom. The van der Waals surface area contributed by atoms with Crippen molar-refractivity contribution in [3.63, 3.8) is 0 Å². The largest absolute Gasteiger partial charge is 0.339 e. The van der Waals surface area contributed by atoms with Crippen molar-refractivity contribution in [3.8, 4) is 12.3 Å². The summed E-state index contributed by atoms with van der Waals surface area (Å²) < 4.78 is 1.84. The van der Waals surface area contributed by atoms with Gasteiger partial charge in [0.15, 0.2) is 0 Å². The summed E-state index contributed by atoms with van der Waals surface area (Å²) in [6.07, 6.45) is 6.92. The Labute approximate surface area is 101 Å². The topological polar surface area (TPSA) is 25.2 Å². The smallest absolute Gasteiger partial charge is 0.271 e. The lowest BCUT2D eigenvalue weighted by atomic mass is 10.3. The zero-order chi connectivity index (χ0) is 12.3. The highest BCUT2D eigenvalue weighted by Gasteiger charge is 2.17. The van der Waals surface area contributed by atoms with Crippen LogP contribution in [0.5, 0.6) is 0 Å². The maximum atomic E-state index is 12.0. The SMILES string of the molecule is C#CCN(C)C(=O)c1cc(Cl)cn1C(C)C. The molecule has 1 heterocycles. The number of rotatable bonds is 3. The highest BCUT2D eigenvalue weighted by molar-refractivity contribution is 6.31. The van der Waals surface area contributed by atoms with Crippen molar-refractivity contribution in [1.29, 1.82) is 0 Å². The summed E-state index contributed by atoms with van der Waals surface area (Å²) in [6, 6.07) is 1.85. The molecular weight excluding hydrogens is 224 g/mol. The van der Waals surface area contributed by atoms with Gasteiger partial charge >= 0.3 is 0 Å². The molecular formula is C12H15ClN2O. The molecule has 1 aromatic heterocycles. The monoisotopic (exact) mass is 238 g/mol. The van der Waals surface area contributed by atoms with Gasteiger partial charge in [-0.2, -0.15) is 0 Å². The minimum atomic E-state index is -0.112. The van der Waals surface area contributed by atoms with Crippen LogP contribution in [0, 0.1) is 12.3 Å². The molecule has 0 spiro atoms. The van der Waals surface area contributed by atoms with Crippen LogP contribution in [0.1, 0.15) is 30.4 Å². The van der Waals surface area contributed by atoms with Crippen LogP contribution in [0.15, 0.2) is 12.3 Å². The summed E-state index contributed by atoms with van der Waals surface area (Å²) in [5, 5.41) is 0.561. The number of halogens is 1. The van der Waals surface area contributed by atoms with Crippen LogP contribution in [-0.2, 0) is 0 Å². The van der Waals surface area contributed by atoms with Crippen molar-refractivity contribution in [2.24, 2.45) is 0 Å². The molecule has 0 saturated heterocycles. The number of aromatic nitrogens is 1. The predicted octanol–water partition coefficient (Wildman–Crippen LogP) is 2.43. The van der Waals surface area contributed by atoms with E-state index in [4.69, 9.17) is 18.0 Å². The molecule has 1 rings (SSSR count). The quantitative estimate of drug-likeness (QED) is 0.743. The number of hydrogen-bond donors (Lipinski definition) is 0. The summed E-state index contributed by atoms with van der Waals surface area (Å²) in [4.78, 5) is 13.5. The first-order chi connectivity index (χ1) is 7.47. The Morgan fingerprint density at radius 3 is 2.81 bits per heavy atom. The Hall–Kier alpha value is -1.40. The molecule has 16 heavy (non-hydrogen) atoms. The van der Waals surface area contributed by atoms with Crippen molar-refractivity contribution in [2.75, 3.05) is 13.6 Å². The molecule has 0 fully saturated rings. The Bertz CT molecular complexity index is 429. The fraction of sp³-hybridized carbons (Fsp3) is 0.417. The fourth-order valence-corrected chi connectivity index (χ4v) is 1.66. The van der Waals surface area contributed by atoms with Gasteiger partial charge in [-0.1, -0.05) is 17.5 Å². The second-order valence-electron chi connectivity index (χ2n) is 3.91. The van der Waals surface area contributed by atoms with Gasteiger partial charge in [0.25, 0.3) is 5.91 Å². The first-order valence-corrected chi connectivity index (χ1v) is 5.41. The molecule has 0 aliphatic rings. The summed E-state index contributed by atoms with van der Waals surface area (Å²) >= 11 is 5.90. The second-order valence-corrected chi connectivity index (χ2v) is 4.35. The number of terminal acetylenes is 1. The Balaban J connectivity index is 3.04. The highest BCUT2D eigenvalue weighted by Crippen LogP contribution is 2.19. The standard InChI is InChI=1S/C12H15ClN2O/c1-5-6-14(4)12(16)11-7-10(13)8-15(11)9(2)3/h1,7-9H,6H2,2-4H3. The number of hydrogen-bond acceptors (Lipinski definition) is 1. The molecule has 0 unspecified atom stereocenters. The van der Waals surface area contributed by atoms with E-state index in [1.807, 2.05) is 18.4 Å². The van der Waals surface area contributed by atoms with Gasteiger partial charge in [0.1, 0.15) is 5.69 Å². The van der Waals surface area contributed by atoms with Crippen LogP contribution in [0.2, 0.25) is 5.02 Å². The molecule has 0 aliphatic heterocycles. The summed E-state index contributed by atoms with van der Waals surface area (Å²) in [5.74, 6) is 2.32. The number of amides is 1. The van der Waals surface area contributed by atoms with Crippen LogP contribution >= 0.6 is 11.6 Å². The zero-order valence-electron chi connectivity index (χ0n) is 9.70. The molecule has 4 heteroatoms. The van der Waals surface area contributed by atoms with E-state index in [0.29, 0.717) is 17.3 Å². The Kier molecular flexibility index (Phi) is 4.03. The van der Waals surface area contributed by atoms with Gasteiger partial charge in [0.2, 0.25) is 0 Å². The molecule has 0 atom stereocenters. The maximum absolute atomic E-state index is 12.0. The van der Waals surface area contributed by atoms with Gasteiger partial charge < -0.3 is 9.47 Å². The molecule has 86 valence electrons. The van der Waals surface area contributed by atoms with Gasteiger partial charge in [-0.25, -0.2) is 0 Å². The fourth-order valence-electron chi connectivity index (χ4n) is 1.45. The van der Waals surface area contributed by atoms with E-state index in [-0.39, 0.29) is 11.9 Å². The minimum Gasteiger partial charge on any atom is -0.339 e. The van der Waals surface area contributed by atoms with Crippen LogP contribution in [0.3, 0.4) is 0 Å². The van der Waals surface area contributed by atoms with Gasteiger partial charge in [-0.3, -0.25) is 4.79 Å². The maximum Gasteiger partial charge on any atom is 0.271 e. The molecule has 0 saturated carbocycles. The lowest BCUT2D eigenvalue weighted by molar-refractivity contribution is 0.0800. The third kappa shape index (κ3) is 2.59. The number of carbonyl (C=O) groups excluding carboxylic acids is 1. The summed E-state index contributed by atoms with van der Waals surface area (Å²) in [6.45, 7) is 4.28. The van der Waals surface area contributed by atoms with Crippen LogP contribution in [-0.4, -0.2) is 29.0 Å². The van der Waals surface area contributed by atoms with E-state index in [0.717, 1.165) is 0 Å². The Morgan fingerprint density at radius 1 is 1.69 bits per heavy atom. The van der Waals surface area contributed by atoms with Crippen LogP contribution in [0.4, 0.5) is 0 Å². The van der Waals surface area contributed by atoms with Crippen molar-refractivity contribution in [3.05, 3.63) is 23.0 Å². The molecule has 0 bridgehead atoms. The van der Waals surface area contributed by atoms with Crippen molar-refractivity contribution < 1.29 is 4.79 Å². The molecule has 0 radical (unpaired) electrons. The van der Waals surface area contributed by atoms with Gasteiger partial charge in [-0.15, -0.1) is 6.42 Å². The first kappa shape index (κ1) is 12.7. The van der Waals surface area contributed by atoms with Crippen LogP contribution < -0.4 is 0 Å². The van der Waals surface area contributed by atoms with Crippen molar-refractivity contribution >= 4 is 17.5 Å². The lowest BCUT2D eigenvalue weighted by Crippen LogP contribution is -2.29. The van der Waals surface area contributed by atoms with E-state index in [1.54, 1.807) is 19.3 Å². The van der Waals surface area contributed by atoms with Crippen LogP contribution in [0.25, 0.3) is 0 Å². The molecule has 0 aliphatic carbocycles. The van der Waals surface area contributed by atoms with Crippen molar-refractivity contribution in [2.45, 2.75) is 19.9 Å². The molecule has 1 amide bonds. The summed E-state index contributed by atoms with van der Waals surface area (Å²) in [5.41, 5.74) is 0.567. The third-order valence-electron chi connectivity index (χ3n) is 2.27. The summed E-state index contributed by atoms with van der Waals surface area (Å²) in [7, 11) is 1.67. The van der Waals surface area contributed by atoms with E-state index in [2.05, 4.69) is 5.92 Å². The number of carbonyl (C=O) groups is 1. The molecule has 0 aromatic carbocycles. The average molecular weight is 239 g/mol. The second kappa shape index (κ2) is 5.09. The lowest BCUT2D eigenvalue weighted by Gasteiger charge is -2.17. The molecule has 3 nitrogen and oxygen atoms in total. The van der Waals surface area contributed by atoms with E-state index in [9.17, 15) is 4.79 Å². The predicted molar refractivity (Wildman–Crippen MR) is 65.6 cm³/mol. The van der Waals surface area contributed by atoms with Gasteiger partial charge in [0.05, 0.1) is 11.6 Å². The molecule has 1 aromatic rings. The zero-order valence-corrected chi connectivity index (χ0v) is 10.5. The number of nitrogens with zero attached hydrogens (tertiary/aromatic N) is 2. The average Bonchev–Trinajstić information content (AvgIpc) is 2.59. The first-order valence-electron chi connectivity index (χ1n) is 5.03.